The molecule has 0 saturated heterocycles. The molecule has 0 aromatic carbocycles. The Labute approximate surface area is 67.4 Å². The first-order valence-electron chi connectivity index (χ1n) is 3.12. The third-order valence-electron chi connectivity index (χ3n) is 1.35. The molecule has 0 aliphatic heterocycles. The second kappa shape index (κ2) is 2.80. The molecular formula is C6H8F2N4. The predicted octanol–water partition coefficient (Wildman–Crippen LogP) is 0.766. The molecule has 0 aliphatic rings. The molecule has 1 rings (SSSR count). The van der Waals surface area contributed by atoms with Gasteiger partial charge in [-0.15, -0.1) is 0 Å². The standard InChI is InChI=1S/C6H8F2N4/c7-5(8)4-2(9)1-3(10)6(11)12-4/h1,5H,9-10H2,(H2,11,12). The Bertz CT molecular complexity index is 300. The zero-order chi connectivity index (χ0) is 9.30. The Kier molecular flexibility index (Phi) is 1.99. The van der Waals surface area contributed by atoms with Crippen molar-refractivity contribution >= 4 is 17.2 Å². The van der Waals surface area contributed by atoms with Crippen LogP contribution < -0.4 is 17.2 Å². The first kappa shape index (κ1) is 8.51. The van der Waals surface area contributed by atoms with Gasteiger partial charge in [-0.25, -0.2) is 13.8 Å². The van der Waals surface area contributed by atoms with Crippen LogP contribution in [0.15, 0.2) is 6.07 Å². The molecule has 1 heterocycles. The number of nitrogen functional groups attached to an aromatic ring is 3. The Balaban J connectivity index is 3.23. The summed E-state index contributed by atoms with van der Waals surface area (Å²) in [5.74, 6) is -0.125. The molecule has 1 aromatic heterocycles. The Hall–Kier alpha value is -1.59. The van der Waals surface area contributed by atoms with Crippen molar-refractivity contribution in [1.82, 2.24) is 4.98 Å². The molecule has 66 valence electrons. The summed E-state index contributed by atoms with van der Waals surface area (Å²) in [4.78, 5) is 3.35. The van der Waals surface area contributed by atoms with E-state index in [4.69, 9.17) is 17.2 Å². The van der Waals surface area contributed by atoms with Crippen LogP contribution in [0, 0.1) is 0 Å². The van der Waals surface area contributed by atoms with E-state index in [1.807, 2.05) is 0 Å². The maximum atomic E-state index is 12.1. The average molecular weight is 174 g/mol. The van der Waals surface area contributed by atoms with Crippen LogP contribution in [0.5, 0.6) is 0 Å². The molecule has 0 atom stereocenters. The number of nitrogens with zero attached hydrogens (tertiary/aromatic N) is 1. The third-order valence-corrected chi connectivity index (χ3v) is 1.35. The summed E-state index contributed by atoms with van der Waals surface area (Å²) < 4.78 is 24.2. The molecule has 4 nitrogen and oxygen atoms in total. The van der Waals surface area contributed by atoms with Gasteiger partial charge in [0.05, 0.1) is 11.4 Å². The van der Waals surface area contributed by atoms with Gasteiger partial charge < -0.3 is 17.2 Å². The van der Waals surface area contributed by atoms with Crippen molar-refractivity contribution in [2.24, 2.45) is 0 Å². The van der Waals surface area contributed by atoms with Gasteiger partial charge in [0.15, 0.2) is 0 Å². The highest BCUT2D eigenvalue weighted by Crippen LogP contribution is 2.26. The minimum Gasteiger partial charge on any atom is -0.397 e. The van der Waals surface area contributed by atoms with E-state index in [2.05, 4.69) is 4.98 Å². The van der Waals surface area contributed by atoms with Crippen LogP contribution in [-0.2, 0) is 0 Å². The molecule has 0 aliphatic carbocycles. The number of alkyl halides is 2. The molecular weight excluding hydrogens is 166 g/mol. The van der Waals surface area contributed by atoms with E-state index >= 15 is 0 Å². The first-order valence-corrected chi connectivity index (χ1v) is 3.12. The normalized spacial score (nSPS) is 10.6. The quantitative estimate of drug-likeness (QED) is 0.586. The van der Waals surface area contributed by atoms with Crippen LogP contribution in [0.25, 0.3) is 0 Å². The molecule has 0 fully saturated rings. The lowest BCUT2D eigenvalue weighted by Crippen LogP contribution is -2.05. The van der Waals surface area contributed by atoms with E-state index in [0.29, 0.717) is 0 Å². The van der Waals surface area contributed by atoms with Crippen molar-refractivity contribution < 1.29 is 8.78 Å². The number of aromatic nitrogens is 1. The summed E-state index contributed by atoms with van der Waals surface area (Å²) in [5, 5.41) is 0. The summed E-state index contributed by atoms with van der Waals surface area (Å²) in [6, 6.07) is 1.17. The molecule has 0 saturated carbocycles. The molecule has 0 unspecified atom stereocenters. The van der Waals surface area contributed by atoms with Gasteiger partial charge in [-0.05, 0) is 6.07 Å². The molecule has 0 bridgehead atoms. The lowest BCUT2D eigenvalue weighted by Gasteiger charge is -2.06. The van der Waals surface area contributed by atoms with Gasteiger partial charge in [0.2, 0.25) is 0 Å². The second-order valence-corrected chi connectivity index (χ2v) is 2.24. The molecule has 1 aromatic rings. The summed E-state index contributed by atoms with van der Waals surface area (Å²) >= 11 is 0. The van der Waals surface area contributed by atoms with Crippen molar-refractivity contribution in [3.63, 3.8) is 0 Å². The SMILES string of the molecule is Nc1cc(N)c(C(F)F)nc1N. The molecule has 6 heteroatoms. The summed E-state index contributed by atoms with van der Waals surface area (Å²) in [5.41, 5.74) is 15.1. The topological polar surface area (TPSA) is 91.0 Å². The van der Waals surface area contributed by atoms with E-state index in [9.17, 15) is 8.78 Å². The highest BCUT2D eigenvalue weighted by atomic mass is 19.3. The predicted molar refractivity (Wildman–Crippen MR) is 42.4 cm³/mol. The lowest BCUT2D eigenvalue weighted by molar-refractivity contribution is 0.147. The van der Waals surface area contributed by atoms with Gasteiger partial charge in [0.1, 0.15) is 11.5 Å². The van der Waals surface area contributed by atoms with E-state index in [-0.39, 0.29) is 17.2 Å². The van der Waals surface area contributed by atoms with Crippen molar-refractivity contribution in [3.05, 3.63) is 11.8 Å². The van der Waals surface area contributed by atoms with Crippen molar-refractivity contribution in [2.45, 2.75) is 6.43 Å². The van der Waals surface area contributed by atoms with E-state index < -0.39 is 12.1 Å². The third kappa shape index (κ3) is 1.36. The van der Waals surface area contributed by atoms with Gasteiger partial charge in [0.25, 0.3) is 6.43 Å². The summed E-state index contributed by atoms with van der Waals surface area (Å²) in [6.45, 7) is 0. The molecule has 0 amide bonds. The molecule has 0 radical (unpaired) electrons. The van der Waals surface area contributed by atoms with E-state index in [1.54, 1.807) is 0 Å². The van der Waals surface area contributed by atoms with Crippen molar-refractivity contribution in [3.8, 4) is 0 Å². The zero-order valence-corrected chi connectivity index (χ0v) is 6.09. The minimum absolute atomic E-state index is 0.108. The van der Waals surface area contributed by atoms with Crippen LogP contribution >= 0.6 is 0 Å². The second-order valence-electron chi connectivity index (χ2n) is 2.24. The Morgan fingerprint density at radius 3 is 2.25 bits per heavy atom. The Morgan fingerprint density at radius 2 is 1.75 bits per heavy atom. The highest BCUT2D eigenvalue weighted by molar-refractivity contribution is 5.65. The number of halogens is 2. The summed E-state index contributed by atoms with van der Waals surface area (Å²) in [7, 11) is 0. The van der Waals surface area contributed by atoms with Crippen LogP contribution in [0.3, 0.4) is 0 Å². The number of hydrogen-bond acceptors (Lipinski definition) is 4. The summed E-state index contributed by atoms with van der Waals surface area (Å²) in [6.07, 6.45) is -2.73. The largest absolute Gasteiger partial charge is 0.397 e. The van der Waals surface area contributed by atoms with Crippen LogP contribution in [-0.4, -0.2) is 4.98 Å². The van der Waals surface area contributed by atoms with Gasteiger partial charge in [0, 0.05) is 0 Å². The van der Waals surface area contributed by atoms with Crippen molar-refractivity contribution in [1.29, 1.82) is 0 Å². The fraction of sp³-hybridized carbons (Fsp3) is 0.167. The van der Waals surface area contributed by atoms with Gasteiger partial charge in [-0.3, -0.25) is 0 Å². The maximum Gasteiger partial charge on any atom is 0.282 e. The van der Waals surface area contributed by atoms with E-state index in [0.717, 1.165) is 0 Å². The fourth-order valence-electron chi connectivity index (χ4n) is 0.749. The number of nitrogens with two attached hydrogens (primary N) is 3. The molecule has 0 spiro atoms. The Morgan fingerprint density at radius 1 is 1.17 bits per heavy atom. The number of pyridine rings is 1. The average Bonchev–Trinajstić information content (AvgIpc) is 1.96. The first-order chi connectivity index (χ1) is 5.52. The van der Waals surface area contributed by atoms with Crippen LogP contribution in [0.2, 0.25) is 0 Å². The maximum absolute atomic E-state index is 12.1. The van der Waals surface area contributed by atoms with Crippen LogP contribution in [0.1, 0.15) is 12.1 Å². The number of anilines is 3. The van der Waals surface area contributed by atoms with E-state index in [1.165, 1.54) is 6.07 Å². The number of hydrogen-bond donors (Lipinski definition) is 3. The lowest BCUT2D eigenvalue weighted by atomic mass is 10.3. The highest BCUT2D eigenvalue weighted by Gasteiger charge is 2.14. The number of rotatable bonds is 1. The van der Waals surface area contributed by atoms with Crippen LogP contribution in [0.4, 0.5) is 26.0 Å². The molecule has 12 heavy (non-hydrogen) atoms. The zero-order valence-electron chi connectivity index (χ0n) is 6.09. The molecule has 6 N–H and O–H groups in total. The van der Waals surface area contributed by atoms with Crippen molar-refractivity contribution in [2.75, 3.05) is 17.2 Å². The van der Waals surface area contributed by atoms with Gasteiger partial charge in [-0.2, -0.15) is 0 Å². The smallest absolute Gasteiger partial charge is 0.282 e. The monoisotopic (exact) mass is 174 g/mol. The van der Waals surface area contributed by atoms with Gasteiger partial charge >= 0.3 is 0 Å². The fourth-order valence-corrected chi connectivity index (χ4v) is 0.749. The van der Waals surface area contributed by atoms with Gasteiger partial charge in [-0.1, -0.05) is 0 Å². The minimum atomic E-state index is -2.73.